The molecule has 0 saturated carbocycles. The standard InChI is InChI=1S/C12H18ClNS/c1-8(14)10-6-5-9(7-11(10)13)15-12(2,3)4/h5-8H,14H2,1-4H3. The molecule has 3 heteroatoms. The van der Waals surface area contributed by atoms with Gasteiger partial charge in [-0.25, -0.2) is 0 Å². The van der Waals surface area contributed by atoms with Crippen LogP contribution in [0.2, 0.25) is 5.02 Å². The Bertz CT molecular complexity index is 342. The molecule has 0 aliphatic heterocycles. The van der Waals surface area contributed by atoms with E-state index in [1.807, 2.05) is 30.8 Å². The molecule has 0 fully saturated rings. The minimum atomic E-state index is -0.00816. The van der Waals surface area contributed by atoms with Gasteiger partial charge in [-0.3, -0.25) is 0 Å². The van der Waals surface area contributed by atoms with E-state index in [1.54, 1.807) is 0 Å². The lowest BCUT2D eigenvalue weighted by Gasteiger charge is -2.18. The highest BCUT2D eigenvalue weighted by Gasteiger charge is 2.13. The van der Waals surface area contributed by atoms with Gasteiger partial charge in [-0.1, -0.05) is 38.4 Å². The van der Waals surface area contributed by atoms with Crippen molar-refractivity contribution in [2.45, 2.75) is 43.4 Å². The predicted octanol–water partition coefficient (Wildman–Crippen LogP) is 4.25. The summed E-state index contributed by atoms with van der Waals surface area (Å²) >= 11 is 7.97. The Balaban J connectivity index is 2.92. The number of halogens is 1. The van der Waals surface area contributed by atoms with Crippen LogP contribution in [0, 0.1) is 0 Å². The first-order valence-electron chi connectivity index (χ1n) is 5.03. The summed E-state index contributed by atoms with van der Waals surface area (Å²) in [6.45, 7) is 8.50. The maximum Gasteiger partial charge on any atom is 0.0464 e. The Morgan fingerprint density at radius 3 is 2.33 bits per heavy atom. The fraction of sp³-hybridized carbons (Fsp3) is 0.500. The molecule has 1 aromatic rings. The summed E-state index contributed by atoms with van der Waals surface area (Å²) in [6.07, 6.45) is 0. The first-order valence-corrected chi connectivity index (χ1v) is 6.23. The minimum Gasteiger partial charge on any atom is -0.324 e. The van der Waals surface area contributed by atoms with Gasteiger partial charge in [-0.2, -0.15) is 0 Å². The number of hydrogen-bond acceptors (Lipinski definition) is 2. The Labute approximate surface area is 101 Å². The Hall–Kier alpha value is -0.180. The molecule has 1 rings (SSSR count). The molecule has 0 saturated heterocycles. The van der Waals surface area contributed by atoms with E-state index in [0.29, 0.717) is 0 Å². The molecule has 2 N–H and O–H groups in total. The second-order valence-electron chi connectivity index (χ2n) is 4.69. The van der Waals surface area contributed by atoms with Crippen LogP contribution in [-0.4, -0.2) is 4.75 Å². The van der Waals surface area contributed by atoms with Crippen molar-refractivity contribution in [2.24, 2.45) is 5.73 Å². The molecule has 0 bridgehead atoms. The molecule has 1 unspecified atom stereocenters. The lowest BCUT2D eigenvalue weighted by Crippen LogP contribution is -2.08. The maximum absolute atomic E-state index is 6.16. The molecular formula is C12H18ClNS. The van der Waals surface area contributed by atoms with E-state index < -0.39 is 0 Å². The van der Waals surface area contributed by atoms with Crippen molar-refractivity contribution in [2.75, 3.05) is 0 Å². The third-order valence-electron chi connectivity index (χ3n) is 1.89. The van der Waals surface area contributed by atoms with E-state index in [2.05, 4.69) is 26.8 Å². The molecule has 0 heterocycles. The Morgan fingerprint density at radius 2 is 1.93 bits per heavy atom. The lowest BCUT2D eigenvalue weighted by atomic mass is 10.1. The van der Waals surface area contributed by atoms with Crippen molar-refractivity contribution in [3.63, 3.8) is 0 Å². The van der Waals surface area contributed by atoms with Gasteiger partial charge < -0.3 is 5.73 Å². The monoisotopic (exact) mass is 243 g/mol. The highest BCUT2D eigenvalue weighted by Crippen LogP contribution is 2.34. The van der Waals surface area contributed by atoms with Gasteiger partial charge in [0.15, 0.2) is 0 Å². The first kappa shape index (κ1) is 12.9. The predicted molar refractivity (Wildman–Crippen MR) is 69.7 cm³/mol. The SMILES string of the molecule is CC(N)c1ccc(SC(C)(C)C)cc1Cl. The summed E-state index contributed by atoms with van der Waals surface area (Å²) in [5.74, 6) is 0. The molecule has 1 nitrogen and oxygen atoms in total. The van der Waals surface area contributed by atoms with Crippen LogP contribution in [0.25, 0.3) is 0 Å². The lowest BCUT2D eigenvalue weighted by molar-refractivity contribution is 0.801. The molecule has 0 radical (unpaired) electrons. The molecule has 1 atom stereocenters. The van der Waals surface area contributed by atoms with E-state index >= 15 is 0 Å². The highest BCUT2D eigenvalue weighted by molar-refractivity contribution is 8.00. The van der Waals surface area contributed by atoms with Crippen LogP contribution in [0.5, 0.6) is 0 Å². The fourth-order valence-electron chi connectivity index (χ4n) is 1.29. The van der Waals surface area contributed by atoms with Gasteiger partial charge >= 0.3 is 0 Å². The molecule has 0 aliphatic rings. The average molecular weight is 244 g/mol. The summed E-state index contributed by atoms with van der Waals surface area (Å²) in [4.78, 5) is 1.19. The molecule has 0 spiro atoms. The molecule has 1 aromatic carbocycles. The summed E-state index contributed by atoms with van der Waals surface area (Å²) < 4.78 is 0.208. The van der Waals surface area contributed by atoms with E-state index in [0.717, 1.165) is 10.6 Å². The molecule has 0 aliphatic carbocycles. The summed E-state index contributed by atoms with van der Waals surface area (Å²) in [5.41, 5.74) is 6.81. The van der Waals surface area contributed by atoms with Crippen LogP contribution < -0.4 is 5.73 Å². The second-order valence-corrected chi connectivity index (χ2v) is 6.99. The molecule has 0 aromatic heterocycles. The molecule has 0 amide bonds. The Kier molecular flexibility index (Phi) is 4.10. The second kappa shape index (κ2) is 4.77. The van der Waals surface area contributed by atoms with Gasteiger partial charge in [0.1, 0.15) is 0 Å². The zero-order valence-corrected chi connectivity index (χ0v) is 11.2. The number of thioether (sulfide) groups is 1. The third-order valence-corrected chi connectivity index (χ3v) is 3.32. The first-order chi connectivity index (χ1) is 6.79. The topological polar surface area (TPSA) is 26.0 Å². The van der Waals surface area contributed by atoms with Gasteiger partial charge in [0.2, 0.25) is 0 Å². The van der Waals surface area contributed by atoms with Crippen LogP contribution in [0.3, 0.4) is 0 Å². The molecule has 84 valence electrons. The van der Waals surface area contributed by atoms with E-state index in [-0.39, 0.29) is 10.8 Å². The maximum atomic E-state index is 6.16. The number of rotatable bonds is 2. The molecular weight excluding hydrogens is 226 g/mol. The van der Waals surface area contributed by atoms with Crippen LogP contribution >= 0.6 is 23.4 Å². The van der Waals surface area contributed by atoms with Gasteiger partial charge in [0.05, 0.1) is 0 Å². The van der Waals surface area contributed by atoms with Crippen LogP contribution in [-0.2, 0) is 0 Å². The van der Waals surface area contributed by atoms with Crippen molar-refractivity contribution in [1.29, 1.82) is 0 Å². The summed E-state index contributed by atoms with van der Waals surface area (Å²) in [7, 11) is 0. The third kappa shape index (κ3) is 4.06. The highest BCUT2D eigenvalue weighted by atomic mass is 35.5. The zero-order valence-electron chi connectivity index (χ0n) is 9.67. The van der Waals surface area contributed by atoms with Gasteiger partial charge in [-0.05, 0) is 24.6 Å². The van der Waals surface area contributed by atoms with Crippen molar-refractivity contribution in [3.05, 3.63) is 28.8 Å². The van der Waals surface area contributed by atoms with Crippen LogP contribution in [0.1, 0.15) is 39.3 Å². The van der Waals surface area contributed by atoms with E-state index in [9.17, 15) is 0 Å². The van der Waals surface area contributed by atoms with Crippen molar-refractivity contribution in [1.82, 2.24) is 0 Å². The van der Waals surface area contributed by atoms with Gasteiger partial charge in [0, 0.05) is 20.7 Å². The van der Waals surface area contributed by atoms with Gasteiger partial charge in [-0.15, -0.1) is 11.8 Å². The number of nitrogens with two attached hydrogens (primary N) is 1. The van der Waals surface area contributed by atoms with Crippen molar-refractivity contribution >= 4 is 23.4 Å². The van der Waals surface area contributed by atoms with Crippen LogP contribution in [0.4, 0.5) is 0 Å². The smallest absolute Gasteiger partial charge is 0.0464 e. The van der Waals surface area contributed by atoms with Gasteiger partial charge in [0.25, 0.3) is 0 Å². The van der Waals surface area contributed by atoms with Crippen molar-refractivity contribution in [3.8, 4) is 0 Å². The van der Waals surface area contributed by atoms with E-state index in [1.165, 1.54) is 4.90 Å². The molecule has 15 heavy (non-hydrogen) atoms. The minimum absolute atomic E-state index is 0.00816. The Morgan fingerprint density at radius 1 is 1.33 bits per heavy atom. The summed E-state index contributed by atoms with van der Waals surface area (Å²) in [6, 6.07) is 6.09. The van der Waals surface area contributed by atoms with Crippen LogP contribution in [0.15, 0.2) is 23.1 Å². The zero-order chi connectivity index (χ0) is 11.6. The number of benzene rings is 1. The van der Waals surface area contributed by atoms with Crippen molar-refractivity contribution < 1.29 is 0 Å². The average Bonchev–Trinajstić information content (AvgIpc) is 1.99. The largest absolute Gasteiger partial charge is 0.324 e. The summed E-state index contributed by atoms with van der Waals surface area (Å²) in [5, 5.41) is 0.763. The number of hydrogen-bond donors (Lipinski definition) is 1. The quantitative estimate of drug-likeness (QED) is 0.786. The fourth-order valence-corrected chi connectivity index (χ4v) is 2.73. The van der Waals surface area contributed by atoms with E-state index in [4.69, 9.17) is 17.3 Å². The normalized spacial score (nSPS) is 14.0.